The number of nitrogens with one attached hydrogen (secondary N) is 1. The summed E-state index contributed by atoms with van der Waals surface area (Å²) in [6.07, 6.45) is 3.40. The molecule has 0 atom stereocenters. The number of nitrogens with zero attached hydrogens (tertiary/aromatic N) is 3. The van der Waals surface area contributed by atoms with Crippen molar-refractivity contribution in [3.05, 3.63) is 118 Å². The van der Waals surface area contributed by atoms with Gasteiger partial charge in [-0.1, -0.05) is 42.5 Å². The van der Waals surface area contributed by atoms with Crippen LogP contribution in [0.4, 0.5) is 11.4 Å². The largest absolute Gasteiger partial charge is 0.489 e. The first-order valence-electron chi connectivity index (χ1n) is 9.91. The van der Waals surface area contributed by atoms with Crippen molar-refractivity contribution in [2.45, 2.75) is 13.2 Å². The highest BCUT2D eigenvalue weighted by atomic mass is 16.6. The molecule has 4 aromatic rings. The maximum absolute atomic E-state index is 12.7. The summed E-state index contributed by atoms with van der Waals surface area (Å²) in [7, 11) is 0. The number of ether oxygens (including phenoxy) is 1. The number of nitro groups is 1. The first-order chi connectivity index (χ1) is 15.6. The minimum Gasteiger partial charge on any atom is -0.489 e. The van der Waals surface area contributed by atoms with Crippen LogP contribution in [0.15, 0.2) is 91.3 Å². The minimum absolute atomic E-state index is 0.00288. The first-order valence-corrected chi connectivity index (χ1v) is 9.91. The molecule has 1 heterocycles. The van der Waals surface area contributed by atoms with Gasteiger partial charge in [-0.25, -0.2) is 0 Å². The van der Waals surface area contributed by atoms with Crippen molar-refractivity contribution in [1.29, 1.82) is 0 Å². The molecule has 4 rings (SSSR count). The molecule has 8 heteroatoms. The molecule has 1 N–H and O–H groups in total. The molecule has 0 aliphatic carbocycles. The number of rotatable bonds is 8. The lowest BCUT2D eigenvalue weighted by molar-refractivity contribution is -0.384. The summed E-state index contributed by atoms with van der Waals surface area (Å²) in [4.78, 5) is 22.9. The van der Waals surface area contributed by atoms with Crippen LogP contribution in [0.1, 0.15) is 21.5 Å². The molecule has 0 saturated carbocycles. The molecule has 0 aliphatic rings. The van der Waals surface area contributed by atoms with Crippen molar-refractivity contribution in [2.24, 2.45) is 0 Å². The van der Waals surface area contributed by atoms with Crippen LogP contribution in [-0.4, -0.2) is 20.6 Å². The zero-order valence-corrected chi connectivity index (χ0v) is 17.0. The Morgan fingerprint density at radius 3 is 2.50 bits per heavy atom. The van der Waals surface area contributed by atoms with E-state index in [-0.39, 0.29) is 18.2 Å². The van der Waals surface area contributed by atoms with Gasteiger partial charge in [0.25, 0.3) is 11.6 Å². The van der Waals surface area contributed by atoms with Gasteiger partial charge < -0.3 is 10.1 Å². The second-order valence-corrected chi connectivity index (χ2v) is 7.11. The van der Waals surface area contributed by atoms with Crippen LogP contribution in [0.2, 0.25) is 0 Å². The Balaban J connectivity index is 1.35. The van der Waals surface area contributed by atoms with Crippen molar-refractivity contribution in [3.63, 3.8) is 0 Å². The second kappa shape index (κ2) is 9.57. The van der Waals surface area contributed by atoms with Crippen LogP contribution >= 0.6 is 0 Å². The fourth-order valence-electron chi connectivity index (χ4n) is 3.12. The summed E-state index contributed by atoms with van der Waals surface area (Å²) in [5.41, 5.74) is 3.03. The molecule has 1 aromatic heterocycles. The van der Waals surface area contributed by atoms with E-state index in [9.17, 15) is 14.9 Å². The number of amides is 1. The quantitative estimate of drug-likeness (QED) is 0.325. The molecular weight excluding hydrogens is 408 g/mol. The molecule has 3 aromatic carbocycles. The Bertz CT molecular complexity index is 1220. The molecule has 8 nitrogen and oxygen atoms in total. The smallest absolute Gasteiger partial charge is 0.269 e. The van der Waals surface area contributed by atoms with E-state index in [0.717, 1.165) is 11.1 Å². The van der Waals surface area contributed by atoms with Crippen molar-refractivity contribution >= 4 is 17.3 Å². The third kappa shape index (κ3) is 5.37. The summed E-state index contributed by atoms with van der Waals surface area (Å²) in [6.45, 7) is 0.847. The first kappa shape index (κ1) is 20.8. The van der Waals surface area contributed by atoms with Gasteiger partial charge in [-0.05, 0) is 35.4 Å². The van der Waals surface area contributed by atoms with Crippen LogP contribution in [0, 0.1) is 10.1 Å². The molecule has 160 valence electrons. The molecule has 0 aliphatic heterocycles. The zero-order chi connectivity index (χ0) is 22.3. The minimum atomic E-state index is -0.461. The number of hydrogen-bond acceptors (Lipinski definition) is 5. The summed E-state index contributed by atoms with van der Waals surface area (Å²) in [6, 6.07) is 22.9. The van der Waals surface area contributed by atoms with Gasteiger partial charge in [-0.2, -0.15) is 5.10 Å². The van der Waals surface area contributed by atoms with E-state index in [0.29, 0.717) is 23.5 Å². The lowest BCUT2D eigenvalue weighted by Gasteiger charge is -2.08. The zero-order valence-electron chi connectivity index (χ0n) is 17.0. The predicted octanol–water partition coefficient (Wildman–Crippen LogP) is 4.67. The highest BCUT2D eigenvalue weighted by Gasteiger charge is 2.10. The third-order valence-corrected chi connectivity index (χ3v) is 4.72. The number of hydrogen-bond donors (Lipinski definition) is 1. The number of carbonyl (C=O) groups excluding carboxylic acids is 1. The van der Waals surface area contributed by atoms with Gasteiger partial charge in [-0.3, -0.25) is 19.6 Å². The molecule has 1 amide bonds. The standard InChI is InChI=1S/C24H20N4O4/c29-24(26-21-14-25-27(16-21)15-18-5-2-1-3-6-18)20-8-4-7-19(13-20)17-32-23-11-9-22(10-12-23)28(30)31/h1-14,16H,15,17H2,(H,26,29). The average Bonchev–Trinajstić information content (AvgIpc) is 3.25. The second-order valence-electron chi connectivity index (χ2n) is 7.11. The van der Waals surface area contributed by atoms with Crippen molar-refractivity contribution < 1.29 is 14.5 Å². The van der Waals surface area contributed by atoms with E-state index in [1.54, 1.807) is 47.4 Å². The Labute approximate surface area is 184 Å². The number of anilines is 1. The number of nitro benzene ring substituents is 1. The molecule has 0 spiro atoms. The topological polar surface area (TPSA) is 99.3 Å². The monoisotopic (exact) mass is 428 g/mol. The lowest BCUT2D eigenvalue weighted by atomic mass is 10.1. The van der Waals surface area contributed by atoms with Gasteiger partial charge in [-0.15, -0.1) is 0 Å². The van der Waals surface area contributed by atoms with Gasteiger partial charge in [0.05, 0.1) is 23.4 Å². The van der Waals surface area contributed by atoms with Crippen molar-refractivity contribution in [1.82, 2.24) is 9.78 Å². The Hall–Kier alpha value is -4.46. The highest BCUT2D eigenvalue weighted by molar-refractivity contribution is 6.04. The van der Waals surface area contributed by atoms with Crippen molar-refractivity contribution in [3.8, 4) is 5.75 Å². The maximum atomic E-state index is 12.7. The maximum Gasteiger partial charge on any atom is 0.269 e. The fourth-order valence-corrected chi connectivity index (χ4v) is 3.12. The predicted molar refractivity (Wildman–Crippen MR) is 120 cm³/mol. The van der Waals surface area contributed by atoms with E-state index in [2.05, 4.69) is 10.4 Å². The molecule has 32 heavy (non-hydrogen) atoms. The summed E-state index contributed by atoms with van der Waals surface area (Å²) in [5, 5.41) is 17.9. The van der Waals surface area contributed by atoms with Gasteiger partial charge >= 0.3 is 0 Å². The van der Waals surface area contributed by atoms with Gasteiger partial charge in [0.15, 0.2) is 0 Å². The Kier molecular flexibility index (Phi) is 6.22. The van der Waals surface area contributed by atoms with E-state index in [1.165, 1.54) is 12.1 Å². The molecule has 0 saturated heterocycles. The number of carbonyl (C=O) groups is 1. The number of non-ortho nitro benzene ring substituents is 1. The normalized spacial score (nSPS) is 10.5. The van der Waals surface area contributed by atoms with Crippen molar-refractivity contribution in [2.75, 3.05) is 5.32 Å². The van der Waals surface area contributed by atoms with Crippen LogP contribution in [-0.2, 0) is 13.2 Å². The molecule has 0 bridgehead atoms. The molecule has 0 radical (unpaired) electrons. The van der Waals surface area contributed by atoms with E-state index < -0.39 is 4.92 Å². The van der Waals surface area contributed by atoms with Gasteiger partial charge in [0, 0.05) is 23.9 Å². The fraction of sp³-hybridized carbons (Fsp3) is 0.0833. The Morgan fingerprint density at radius 2 is 1.75 bits per heavy atom. The van der Waals surface area contributed by atoms with Crippen LogP contribution in [0.25, 0.3) is 0 Å². The van der Waals surface area contributed by atoms with E-state index in [1.807, 2.05) is 36.4 Å². The van der Waals surface area contributed by atoms with Crippen LogP contribution < -0.4 is 10.1 Å². The van der Waals surface area contributed by atoms with Crippen LogP contribution in [0.3, 0.4) is 0 Å². The number of benzene rings is 3. The van der Waals surface area contributed by atoms with Gasteiger partial charge in [0.1, 0.15) is 12.4 Å². The lowest BCUT2D eigenvalue weighted by Crippen LogP contribution is -2.12. The Morgan fingerprint density at radius 1 is 1.00 bits per heavy atom. The average molecular weight is 428 g/mol. The molecular formula is C24H20N4O4. The van der Waals surface area contributed by atoms with E-state index >= 15 is 0 Å². The SMILES string of the molecule is O=C(Nc1cnn(Cc2ccccc2)c1)c1cccc(COc2ccc([N+](=O)[O-])cc2)c1. The molecule has 0 unspecified atom stereocenters. The summed E-state index contributed by atoms with van der Waals surface area (Å²) in [5.74, 6) is 0.262. The summed E-state index contributed by atoms with van der Waals surface area (Å²) >= 11 is 0. The summed E-state index contributed by atoms with van der Waals surface area (Å²) < 4.78 is 7.44. The number of aromatic nitrogens is 2. The third-order valence-electron chi connectivity index (χ3n) is 4.72. The molecule has 0 fully saturated rings. The van der Waals surface area contributed by atoms with Gasteiger partial charge in [0.2, 0.25) is 0 Å². The van der Waals surface area contributed by atoms with E-state index in [4.69, 9.17) is 4.74 Å². The highest BCUT2D eigenvalue weighted by Crippen LogP contribution is 2.19. The van der Waals surface area contributed by atoms with Crippen LogP contribution in [0.5, 0.6) is 5.75 Å².